The molecule has 162 valence electrons. The molecule has 2 aromatic carbocycles. The zero-order valence-electron chi connectivity index (χ0n) is 17.6. The number of hydrogen-bond acceptors (Lipinski definition) is 6. The first-order valence-electron chi connectivity index (χ1n) is 9.49. The quantitative estimate of drug-likeness (QED) is 0.589. The second-order valence-corrected chi connectivity index (χ2v) is 9.00. The maximum absolute atomic E-state index is 12.4. The number of nitrogens with zero attached hydrogens (tertiary/aromatic N) is 1. The summed E-state index contributed by atoms with van der Waals surface area (Å²) in [5, 5.41) is 5.64. The number of sulfonamides is 1. The van der Waals surface area contributed by atoms with Gasteiger partial charge in [-0.05, 0) is 55.3 Å². The van der Waals surface area contributed by atoms with Crippen LogP contribution in [-0.2, 0) is 19.6 Å². The number of benzene rings is 2. The van der Waals surface area contributed by atoms with Crippen molar-refractivity contribution in [2.45, 2.75) is 25.2 Å². The predicted molar refractivity (Wildman–Crippen MR) is 116 cm³/mol. The number of hydrogen-bond donors (Lipinski definition) is 2. The number of anilines is 2. The fourth-order valence-electron chi connectivity index (χ4n) is 2.54. The van der Waals surface area contributed by atoms with Crippen molar-refractivity contribution in [1.29, 1.82) is 0 Å². The third kappa shape index (κ3) is 6.04. The first-order chi connectivity index (χ1) is 14.1. The third-order valence-corrected chi connectivity index (χ3v) is 6.20. The second-order valence-electron chi connectivity index (χ2n) is 6.88. The number of carbonyl (C=O) groups excluding carboxylic acids is 2. The van der Waals surface area contributed by atoms with Crippen LogP contribution in [0.2, 0.25) is 0 Å². The minimum absolute atomic E-state index is 0.0245. The molecular formula is C21H27N3O5S. The largest absolute Gasteiger partial charge is 0.462 e. The minimum Gasteiger partial charge on any atom is -0.462 e. The molecule has 30 heavy (non-hydrogen) atoms. The standard InChI is InChI=1S/C21H27N3O5S/c1-5-12-29-21(26)16-7-10-17(11-8-16)22-14-20(25)23-18-9-6-15(2)19(13-18)30(27,28)24(3)4/h6-11,13,22H,5,12,14H2,1-4H3,(H,23,25). The number of rotatable bonds is 9. The van der Waals surface area contributed by atoms with Gasteiger partial charge in [0, 0.05) is 25.5 Å². The number of nitrogens with one attached hydrogen (secondary N) is 2. The molecule has 2 rings (SSSR count). The smallest absolute Gasteiger partial charge is 0.338 e. The van der Waals surface area contributed by atoms with Gasteiger partial charge in [0.2, 0.25) is 15.9 Å². The van der Waals surface area contributed by atoms with E-state index in [1.54, 1.807) is 43.3 Å². The number of ether oxygens (including phenoxy) is 1. The van der Waals surface area contributed by atoms with Gasteiger partial charge in [-0.25, -0.2) is 17.5 Å². The van der Waals surface area contributed by atoms with Gasteiger partial charge in [-0.2, -0.15) is 0 Å². The predicted octanol–water partition coefficient (Wildman–Crippen LogP) is 2.86. The zero-order valence-corrected chi connectivity index (χ0v) is 18.4. The van der Waals surface area contributed by atoms with Crippen LogP contribution in [0.3, 0.4) is 0 Å². The topological polar surface area (TPSA) is 105 Å². The Morgan fingerprint density at radius 1 is 1.03 bits per heavy atom. The van der Waals surface area contributed by atoms with Crippen molar-refractivity contribution in [2.75, 3.05) is 37.9 Å². The van der Waals surface area contributed by atoms with E-state index in [9.17, 15) is 18.0 Å². The van der Waals surface area contributed by atoms with E-state index < -0.39 is 10.0 Å². The van der Waals surface area contributed by atoms with Gasteiger partial charge in [-0.1, -0.05) is 13.0 Å². The highest BCUT2D eigenvalue weighted by atomic mass is 32.2. The molecule has 0 aliphatic rings. The Balaban J connectivity index is 1.98. The number of carbonyl (C=O) groups is 2. The van der Waals surface area contributed by atoms with Crippen LogP contribution < -0.4 is 10.6 Å². The molecule has 1 amide bonds. The Bertz CT molecular complexity index is 1000. The van der Waals surface area contributed by atoms with E-state index in [1.165, 1.54) is 20.2 Å². The number of aryl methyl sites for hydroxylation is 1. The Morgan fingerprint density at radius 2 is 1.67 bits per heavy atom. The fourth-order valence-corrected chi connectivity index (χ4v) is 3.69. The first kappa shape index (κ1) is 23.4. The Labute approximate surface area is 177 Å². The minimum atomic E-state index is -3.61. The van der Waals surface area contributed by atoms with Crippen molar-refractivity contribution >= 4 is 33.3 Å². The highest BCUT2D eigenvalue weighted by molar-refractivity contribution is 7.89. The number of esters is 1. The van der Waals surface area contributed by atoms with Gasteiger partial charge < -0.3 is 15.4 Å². The lowest BCUT2D eigenvalue weighted by Crippen LogP contribution is -2.24. The van der Waals surface area contributed by atoms with Crippen LogP contribution in [0.5, 0.6) is 0 Å². The molecule has 2 aromatic rings. The van der Waals surface area contributed by atoms with Crippen molar-refractivity contribution in [3.63, 3.8) is 0 Å². The highest BCUT2D eigenvalue weighted by Gasteiger charge is 2.20. The Hall–Kier alpha value is -2.91. The van der Waals surface area contributed by atoms with Crippen LogP contribution in [0, 0.1) is 6.92 Å². The lowest BCUT2D eigenvalue weighted by molar-refractivity contribution is -0.114. The lowest BCUT2D eigenvalue weighted by atomic mass is 10.2. The van der Waals surface area contributed by atoms with E-state index in [2.05, 4.69) is 10.6 Å². The molecule has 9 heteroatoms. The monoisotopic (exact) mass is 433 g/mol. The summed E-state index contributed by atoms with van der Waals surface area (Å²) in [6, 6.07) is 11.4. The van der Waals surface area contributed by atoms with E-state index in [1.807, 2.05) is 6.92 Å². The average Bonchev–Trinajstić information content (AvgIpc) is 2.72. The maximum atomic E-state index is 12.4. The Morgan fingerprint density at radius 3 is 2.27 bits per heavy atom. The van der Waals surface area contributed by atoms with Gasteiger partial charge in [-0.3, -0.25) is 4.79 Å². The number of amides is 1. The Kier molecular flexibility index (Phi) is 7.96. The molecule has 0 radical (unpaired) electrons. The van der Waals surface area contributed by atoms with Crippen LogP contribution in [0.4, 0.5) is 11.4 Å². The summed E-state index contributed by atoms with van der Waals surface area (Å²) in [7, 11) is -0.696. The van der Waals surface area contributed by atoms with E-state index in [-0.39, 0.29) is 23.3 Å². The van der Waals surface area contributed by atoms with Crippen LogP contribution in [0.25, 0.3) is 0 Å². The van der Waals surface area contributed by atoms with Crippen molar-refractivity contribution in [3.8, 4) is 0 Å². The summed E-state index contributed by atoms with van der Waals surface area (Å²) in [6.07, 6.45) is 0.754. The normalized spacial score (nSPS) is 11.2. The molecule has 0 aromatic heterocycles. The van der Waals surface area contributed by atoms with Gasteiger partial charge in [-0.15, -0.1) is 0 Å². The molecule has 0 saturated heterocycles. The van der Waals surface area contributed by atoms with E-state index in [0.717, 1.165) is 10.7 Å². The van der Waals surface area contributed by atoms with Crippen LogP contribution >= 0.6 is 0 Å². The van der Waals surface area contributed by atoms with Gasteiger partial charge in [0.15, 0.2) is 0 Å². The molecule has 0 aliphatic heterocycles. The fraction of sp³-hybridized carbons (Fsp3) is 0.333. The molecule has 0 atom stereocenters. The molecule has 0 aliphatic carbocycles. The van der Waals surface area contributed by atoms with Gasteiger partial charge >= 0.3 is 5.97 Å². The van der Waals surface area contributed by atoms with E-state index in [4.69, 9.17) is 4.74 Å². The molecule has 2 N–H and O–H groups in total. The van der Waals surface area contributed by atoms with E-state index in [0.29, 0.717) is 29.1 Å². The van der Waals surface area contributed by atoms with Gasteiger partial charge in [0.25, 0.3) is 0 Å². The van der Waals surface area contributed by atoms with Crippen molar-refractivity contribution in [1.82, 2.24) is 4.31 Å². The van der Waals surface area contributed by atoms with Gasteiger partial charge in [0.1, 0.15) is 0 Å². The molecule has 8 nitrogen and oxygen atoms in total. The average molecular weight is 434 g/mol. The molecule has 0 saturated carbocycles. The molecule has 0 spiro atoms. The first-order valence-corrected chi connectivity index (χ1v) is 10.9. The molecule has 0 bridgehead atoms. The summed E-state index contributed by atoms with van der Waals surface area (Å²) in [6.45, 7) is 3.97. The molecule has 0 unspecified atom stereocenters. The third-order valence-electron chi connectivity index (χ3n) is 4.24. The molecule has 0 fully saturated rings. The highest BCUT2D eigenvalue weighted by Crippen LogP contribution is 2.22. The lowest BCUT2D eigenvalue weighted by Gasteiger charge is -2.15. The van der Waals surface area contributed by atoms with Gasteiger partial charge in [0.05, 0.1) is 23.6 Å². The van der Waals surface area contributed by atoms with Crippen LogP contribution in [0.1, 0.15) is 29.3 Å². The maximum Gasteiger partial charge on any atom is 0.338 e. The summed E-state index contributed by atoms with van der Waals surface area (Å²) in [5.74, 6) is -0.720. The molecular weight excluding hydrogens is 406 g/mol. The SMILES string of the molecule is CCCOC(=O)c1ccc(NCC(=O)Nc2ccc(C)c(S(=O)(=O)N(C)C)c2)cc1. The second kappa shape index (κ2) is 10.2. The van der Waals surface area contributed by atoms with Crippen molar-refractivity contribution in [3.05, 3.63) is 53.6 Å². The van der Waals surface area contributed by atoms with Crippen molar-refractivity contribution in [2.24, 2.45) is 0 Å². The summed E-state index contributed by atoms with van der Waals surface area (Å²) in [5.41, 5.74) is 2.09. The van der Waals surface area contributed by atoms with E-state index >= 15 is 0 Å². The van der Waals surface area contributed by atoms with Crippen LogP contribution in [-0.4, -0.2) is 51.8 Å². The molecule has 0 heterocycles. The zero-order chi connectivity index (χ0) is 22.3. The van der Waals surface area contributed by atoms with Crippen LogP contribution in [0.15, 0.2) is 47.4 Å². The summed E-state index contributed by atoms with van der Waals surface area (Å²) < 4.78 is 31.0. The van der Waals surface area contributed by atoms with Crippen molar-refractivity contribution < 1.29 is 22.7 Å². The summed E-state index contributed by atoms with van der Waals surface area (Å²) >= 11 is 0. The summed E-state index contributed by atoms with van der Waals surface area (Å²) in [4.78, 5) is 24.2.